The molecule has 5 heteroatoms. The predicted octanol–water partition coefficient (Wildman–Crippen LogP) is 12.4. The van der Waals surface area contributed by atoms with Crippen molar-refractivity contribution in [3.05, 3.63) is 172 Å². The summed E-state index contributed by atoms with van der Waals surface area (Å²) in [5, 5.41) is 32.8. The lowest BCUT2D eigenvalue weighted by atomic mass is 9.68. The van der Waals surface area contributed by atoms with E-state index in [1.54, 1.807) is 0 Å². The van der Waals surface area contributed by atoms with Crippen LogP contribution in [-0.4, -0.2) is 10.6 Å². The molecule has 5 aromatic rings. The summed E-state index contributed by atoms with van der Waals surface area (Å²) in [5.41, 5.74) is 15.8. The highest BCUT2D eigenvalue weighted by atomic mass is 15.2. The second-order valence-electron chi connectivity index (χ2n) is 16.3. The summed E-state index contributed by atoms with van der Waals surface area (Å²) >= 11 is 0. The Bertz CT molecular complexity index is 2830. The predicted molar refractivity (Wildman–Crippen MR) is 229 cm³/mol. The maximum atomic E-state index is 10.3. The normalized spacial score (nSPS) is 22.8. The topological polar surface area (TPSA) is 79.5 Å². The van der Waals surface area contributed by atoms with Gasteiger partial charge in [0.2, 0.25) is 0 Å². The summed E-state index contributed by atoms with van der Waals surface area (Å²) in [7, 11) is 0. The summed E-state index contributed by atoms with van der Waals surface area (Å²) in [6, 6.07) is 37.1. The molecule has 0 saturated heterocycles. The highest BCUT2D eigenvalue weighted by Crippen LogP contribution is 2.56. The first kappa shape index (κ1) is 34.8. The summed E-state index contributed by atoms with van der Waals surface area (Å²) in [6.07, 6.45) is 22.0. The first-order valence-electron chi connectivity index (χ1n) is 20.6. The quantitative estimate of drug-likeness (QED) is 0.180. The molecular weight excluding hydrogens is 695 g/mol. The number of hydrogen-bond donors (Lipinski definition) is 0. The number of fused-ring (bicyclic) bond motifs is 6. The molecular formula is C52H43N5. The maximum Gasteiger partial charge on any atom is 0.101 e. The van der Waals surface area contributed by atoms with Crippen molar-refractivity contribution in [3.8, 4) is 23.9 Å². The van der Waals surface area contributed by atoms with Crippen LogP contribution in [0.3, 0.4) is 0 Å². The number of para-hydroxylation sites is 2. The van der Waals surface area contributed by atoms with E-state index in [2.05, 4.69) is 132 Å². The highest BCUT2D eigenvalue weighted by Gasteiger charge is 2.46. The molecule has 4 aromatic carbocycles. The average Bonchev–Trinajstić information content (AvgIpc) is 3.79. The molecule has 0 fully saturated rings. The second-order valence-corrected chi connectivity index (χ2v) is 16.3. The van der Waals surface area contributed by atoms with Gasteiger partial charge in [-0.2, -0.15) is 15.8 Å². The van der Waals surface area contributed by atoms with Crippen molar-refractivity contribution >= 4 is 33.1 Å². The van der Waals surface area contributed by atoms with Crippen molar-refractivity contribution in [1.29, 1.82) is 15.8 Å². The molecule has 1 aromatic heterocycles. The van der Waals surface area contributed by atoms with Gasteiger partial charge in [0.15, 0.2) is 0 Å². The van der Waals surface area contributed by atoms with Gasteiger partial charge in [-0.05, 0) is 122 Å². The highest BCUT2D eigenvalue weighted by molar-refractivity contribution is 6.12. The van der Waals surface area contributed by atoms with Crippen LogP contribution in [-0.2, 0) is 0 Å². The van der Waals surface area contributed by atoms with E-state index in [-0.39, 0.29) is 17.9 Å². The van der Waals surface area contributed by atoms with Gasteiger partial charge in [-0.15, -0.1) is 0 Å². The Hall–Kier alpha value is -6.61. The van der Waals surface area contributed by atoms with Gasteiger partial charge in [-0.3, -0.25) is 0 Å². The third-order valence-electron chi connectivity index (χ3n) is 13.1. The zero-order chi connectivity index (χ0) is 38.6. The minimum absolute atomic E-state index is 0.0892. The number of hydrogen-bond acceptors (Lipinski definition) is 4. The van der Waals surface area contributed by atoms with Crippen LogP contribution < -0.4 is 4.90 Å². The Kier molecular flexibility index (Phi) is 8.65. The van der Waals surface area contributed by atoms with Gasteiger partial charge in [0.25, 0.3) is 0 Å². The van der Waals surface area contributed by atoms with Crippen LogP contribution >= 0.6 is 0 Å². The van der Waals surface area contributed by atoms with Crippen LogP contribution in [0.4, 0.5) is 5.69 Å². The van der Waals surface area contributed by atoms with Crippen molar-refractivity contribution in [2.45, 2.75) is 70.3 Å². The van der Waals surface area contributed by atoms with E-state index in [1.807, 2.05) is 24.3 Å². The van der Waals surface area contributed by atoms with E-state index in [0.717, 1.165) is 73.1 Å². The molecule has 0 radical (unpaired) electrons. The Morgan fingerprint density at radius 1 is 0.754 bits per heavy atom. The van der Waals surface area contributed by atoms with Crippen LogP contribution in [0, 0.1) is 45.8 Å². The van der Waals surface area contributed by atoms with Gasteiger partial charge in [0.05, 0.1) is 45.6 Å². The fraction of sp³-hybridized carbons (Fsp3) is 0.250. The third-order valence-corrected chi connectivity index (χ3v) is 13.1. The Morgan fingerprint density at radius 2 is 1.58 bits per heavy atom. The van der Waals surface area contributed by atoms with E-state index in [9.17, 15) is 15.8 Å². The SMILES string of the molecule is CC1C=C(N2c3ccc(C#N)cc3C3C(C4=CC=CCC4C4=C(c5cccc6c7ccccc7n(-c7cccc(C#N)c7)c56)CCCC4)=CCCC32)C(C#N)=CC1. The van der Waals surface area contributed by atoms with E-state index in [4.69, 9.17) is 0 Å². The minimum Gasteiger partial charge on any atom is -0.336 e. The van der Waals surface area contributed by atoms with Gasteiger partial charge in [0.1, 0.15) is 6.07 Å². The van der Waals surface area contributed by atoms with Gasteiger partial charge >= 0.3 is 0 Å². The molecule has 0 bridgehead atoms. The molecule has 1 aliphatic heterocycles. The Morgan fingerprint density at radius 3 is 2.46 bits per heavy atom. The number of allylic oxidation sites excluding steroid dienone is 10. The maximum absolute atomic E-state index is 10.3. The Balaban J connectivity index is 1.13. The molecule has 5 nitrogen and oxygen atoms in total. The van der Waals surface area contributed by atoms with Crippen LogP contribution in [0.1, 0.15) is 86.5 Å². The lowest BCUT2D eigenvalue weighted by Gasteiger charge is -2.39. The molecule has 5 aliphatic rings. The number of benzene rings is 4. The van der Waals surface area contributed by atoms with Gasteiger partial charge in [0, 0.05) is 45.6 Å². The fourth-order valence-electron chi connectivity index (χ4n) is 10.7. The van der Waals surface area contributed by atoms with Crippen LogP contribution in [0.15, 0.2) is 149 Å². The first-order chi connectivity index (χ1) is 28.1. The van der Waals surface area contributed by atoms with E-state index >= 15 is 0 Å². The van der Waals surface area contributed by atoms with Crippen molar-refractivity contribution in [1.82, 2.24) is 4.57 Å². The van der Waals surface area contributed by atoms with Gasteiger partial charge < -0.3 is 9.47 Å². The number of nitrogens with zero attached hydrogens (tertiary/aromatic N) is 5. The summed E-state index contributed by atoms with van der Waals surface area (Å²) in [4.78, 5) is 2.46. The zero-order valence-corrected chi connectivity index (χ0v) is 32.2. The lowest BCUT2D eigenvalue weighted by Crippen LogP contribution is -2.37. The fourth-order valence-corrected chi connectivity index (χ4v) is 10.7. The largest absolute Gasteiger partial charge is 0.336 e. The Labute approximate surface area is 334 Å². The second kappa shape index (κ2) is 14.2. The molecule has 276 valence electrons. The molecule has 0 saturated carbocycles. The van der Waals surface area contributed by atoms with Gasteiger partial charge in [-0.1, -0.05) is 91.4 Å². The summed E-state index contributed by atoms with van der Waals surface area (Å²) in [5.74, 6) is 0.666. The number of anilines is 1. The van der Waals surface area contributed by atoms with Crippen molar-refractivity contribution in [3.63, 3.8) is 0 Å². The zero-order valence-electron chi connectivity index (χ0n) is 32.2. The molecule has 2 heterocycles. The van der Waals surface area contributed by atoms with E-state index in [0.29, 0.717) is 17.0 Å². The molecule has 0 N–H and O–H groups in total. The molecule has 4 atom stereocenters. The summed E-state index contributed by atoms with van der Waals surface area (Å²) < 4.78 is 2.38. The van der Waals surface area contributed by atoms with Crippen LogP contribution in [0.2, 0.25) is 0 Å². The summed E-state index contributed by atoms with van der Waals surface area (Å²) in [6.45, 7) is 2.23. The van der Waals surface area contributed by atoms with E-state index < -0.39 is 0 Å². The molecule has 10 rings (SSSR count). The number of rotatable bonds is 5. The van der Waals surface area contributed by atoms with Gasteiger partial charge in [-0.25, -0.2) is 0 Å². The lowest BCUT2D eigenvalue weighted by molar-refractivity contribution is 0.521. The number of nitriles is 3. The number of aromatic nitrogens is 1. The smallest absolute Gasteiger partial charge is 0.101 e. The van der Waals surface area contributed by atoms with Crippen molar-refractivity contribution in [2.75, 3.05) is 4.90 Å². The van der Waals surface area contributed by atoms with Crippen molar-refractivity contribution < 1.29 is 0 Å². The molecule has 57 heavy (non-hydrogen) atoms. The van der Waals surface area contributed by atoms with Crippen LogP contribution in [0.5, 0.6) is 0 Å². The first-order valence-corrected chi connectivity index (χ1v) is 20.6. The molecule has 4 unspecified atom stereocenters. The monoisotopic (exact) mass is 737 g/mol. The standard InChI is InChI=1S/C52H43N5/c1-33-23-25-36(32-55)50(27-33)57-48-26-24-35(31-54)29-46(48)51-43(18-10-22-49(51)57)40-15-4-2-13-38(40)39-14-3-5-16-41(39)44-19-9-20-45-42-17-6-7-21-47(42)56(52(44)45)37-12-8-11-34(28-37)30-53/h2,4,6-9,11-12,15,17-21,24-29,33,38,49,51H,3,5,10,13-14,16,22-23H2,1H3. The molecule has 4 aliphatic carbocycles. The average molecular weight is 738 g/mol. The molecule has 0 amide bonds. The molecule has 0 spiro atoms. The van der Waals surface area contributed by atoms with Crippen LogP contribution in [0.25, 0.3) is 33.1 Å². The minimum atomic E-state index is 0.0892. The van der Waals surface area contributed by atoms with E-state index in [1.165, 1.54) is 56.1 Å². The van der Waals surface area contributed by atoms with Crippen molar-refractivity contribution in [2.24, 2.45) is 11.8 Å². The third kappa shape index (κ3) is 5.63.